The summed E-state index contributed by atoms with van der Waals surface area (Å²) in [5.41, 5.74) is 0. The van der Waals surface area contributed by atoms with E-state index in [4.69, 9.17) is 9.47 Å². The van der Waals surface area contributed by atoms with Crippen LogP contribution in [0.1, 0.15) is 6.92 Å². The smallest absolute Gasteiger partial charge is 0.0928 e. The summed E-state index contributed by atoms with van der Waals surface area (Å²) in [7, 11) is 5.33. The van der Waals surface area contributed by atoms with Crippen LogP contribution >= 0.6 is 0 Å². The van der Waals surface area contributed by atoms with Gasteiger partial charge in [0.1, 0.15) is 0 Å². The Morgan fingerprint density at radius 3 is 2.38 bits per heavy atom. The zero-order valence-electron chi connectivity index (χ0n) is 9.09. The first kappa shape index (κ1) is 12.8. The molecule has 0 aromatic carbocycles. The molecule has 2 atom stereocenters. The van der Waals surface area contributed by atoms with E-state index >= 15 is 0 Å². The maximum Gasteiger partial charge on any atom is 0.0928 e. The zero-order chi connectivity index (χ0) is 10.1. The molecule has 0 saturated carbocycles. The van der Waals surface area contributed by atoms with Crippen molar-refractivity contribution in [2.24, 2.45) is 0 Å². The van der Waals surface area contributed by atoms with Gasteiger partial charge < -0.3 is 20.1 Å². The Hall–Kier alpha value is -0.160. The van der Waals surface area contributed by atoms with E-state index in [0.29, 0.717) is 12.6 Å². The molecular formula is C9H22N2O2. The van der Waals surface area contributed by atoms with Gasteiger partial charge in [-0.15, -0.1) is 0 Å². The molecule has 0 amide bonds. The molecule has 0 aliphatic heterocycles. The van der Waals surface area contributed by atoms with Crippen molar-refractivity contribution in [3.63, 3.8) is 0 Å². The van der Waals surface area contributed by atoms with E-state index in [9.17, 15) is 0 Å². The second kappa shape index (κ2) is 8.44. The minimum absolute atomic E-state index is 0.143. The van der Waals surface area contributed by atoms with E-state index in [2.05, 4.69) is 17.6 Å². The van der Waals surface area contributed by atoms with Gasteiger partial charge in [-0.3, -0.25) is 0 Å². The Morgan fingerprint density at radius 1 is 1.23 bits per heavy atom. The van der Waals surface area contributed by atoms with Crippen molar-refractivity contribution in [2.75, 3.05) is 41.0 Å². The molecule has 80 valence electrons. The zero-order valence-corrected chi connectivity index (χ0v) is 9.09. The quantitative estimate of drug-likeness (QED) is 0.558. The molecule has 0 heterocycles. The van der Waals surface area contributed by atoms with Crippen LogP contribution in [0.4, 0.5) is 0 Å². The monoisotopic (exact) mass is 190 g/mol. The van der Waals surface area contributed by atoms with Crippen LogP contribution in [0.25, 0.3) is 0 Å². The largest absolute Gasteiger partial charge is 0.382 e. The molecule has 13 heavy (non-hydrogen) atoms. The lowest BCUT2D eigenvalue weighted by Crippen LogP contribution is -2.41. The first-order chi connectivity index (χ1) is 6.24. The van der Waals surface area contributed by atoms with Crippen molar-refractivity contribution in [3.05, 3.63) is 0 Å². The number of rotatable bonds is 8. The lowest BCUT2D eigenvalue weighted by Gasteiger charge is -2.18. The fraction of sp³-hybridized carbons (Fsp3) is 1.00. The van der Waals surface area contributed by atoms with Crippen LogP contribution in [0.2, 0.25) is 0 Å². The van der Waals surface area contributed by atoms with Gasteiger partial charge in [-0.25, -0.2) is 0 Å². The van der Waals surface area contributed by atoms with Gasteiger partial charge in [0.15, 0.2) is 0 Å². The molecule has 0 aromatic heterocycles. The average Bonchev–Trinajstić information content (AvgIpc) is 2.12. The fourth-order valence-electron chi connectivity index (χ4n) is 1.11. The molecule has 4 heteroatoms. The predicted molar refractivity (Wildman–Crippen MR) is 54.1 cm³/mol. The first-order valence-electron chi connectivity index (χ1n) is 4.64. The van der Waals surface area contributed by atoms with Gasteiger partial charge in [0.05, 0.1) is 12.7 Å². The molecule has 2 unspecified atom stereocenters. The SMILES string of the molecule is CNCC(C)NCC(COC)OC. The molecule has 0 bridgehead atoms. The van der Waals surface area contributed by atoms with Gasteiger partial charge >= 0.3 is 0 Å². The third kappa shape index (κ3) is 6.95. The van der Waals surface area contributed by atoms with E-state index in [0.717, 1.165) is 13.1 Å². The van der Waals surface area contributed by atoms with Crippen LogP contribution in [-0.4, -0.2) is 53.1 Å². The van der Waals surface area contributed by atoms with E-state index in [1.165, 1.54) is 0 Å². The number of methoxy groups -OCH3 is 2. The molecule has 0 aromatic rings. The van der Waals surface area contributed by atoms with E-state index in [-0.39, 0.29) is 6.10 Å². The summed E-state index contributed by atoms with van der Waals surface area (Å²) in [5.74, 6) is 0. The Labute approximate surface area is 81.0 Å². The summed E-state index contributed by atoms with van der Waals surface area (Å²) in [6.07, 6.45) is 0.143. The second-order valence-corrected chi connectivity index (χ2v) is 3.18. The molecule has 0 aliphatic carbocycles. The molecule has 0 aliphatic rings. The third-order valence-electron chi connectivity index (χ3n) is 1.89. The van der Waals surface area contributed by atoms with Crippen LogP contribution in [0.3, 0.4) is 0 Å². The normalized spacial score (nSPS) is 15.7. The number of ether oxygens (including phenoxy) is 2. The number of hydrogen-bond donors (Lipinski definition) is 2. The molecule has 0 saturated heterocycles. The Bertz CT molecular complexity index is 112. The summed E-state index contributed by atoms with van der Waals surface area (Å²) in [6.45, 7) is 4.56. The molecule has 0 fully saturated rings. The van der Waals surface area contributed by atoms with Gasteiger partial charge in [0, 0.05) is 33.4 Å². The summed E-state index contributed by atoms with van der Waals surface area (Å²) < 4.78 is 10.2. The van der Waals surface area contributed by atoms with Crippen LogP contribution < -0.4 is 10.6 Å². The summed E-state index contributed by atoms with van der Waals surface area (Å²) in [4.78, 5) is 0. The van der Waals surface area contributed by atoms with Gasteiger partial charge in [0.2, 0.25) is 0 Å². The van der Waals surface area contributed by atoms with Crippen LogP contribution in [-0.2, 0) is 9.47 Å². The van der Waals surface area contributed by atoms with Crippen LogP contribution in [0.5, 0.6) is 0 Å². The van der Waals surface area contributed by atoms with E-state index in [1.807, 2.05) is 7.05 Å². The Morgan fingerprint density at radius 2 is 1.92 bits per heavy atom. The minimum Gasteiger partial charge on any atom is -0.382 e. The highest BCUT2D eigenvalue weighted by atomic mass is 16.5. The number of hydrogen-bond acceptors (Lipinski definition) is 4. The number of nitrogens with one attached hydrogen (secondary N) is 2. The Kier molecular flexibility index (Phi) is 8.33. The van der Waals surface area contributed by atoms with Gasteiger partial charge in [-0.2, -0.15) is 0 Å². The highest BCUT2D eigenvalue weighted by molar-refractivity contribution is 4.67. The molecule has 0 spiro atoms. The highest BCUT2D eigenvalue weighted by Gasteiger charge is 2.07. The topological polar surface area (TPSA) is 42.5 Å². The maximum absolute atomic E-state index is 5.21. The van der Waals surface area contributed by atoms with Gasteiger partial charge in [-0.05, 0) is 14.0 Å². The Balaban J connectivity index is 3.46. The number of likely N-dealkylation sites (N-methyl/N-ethyl adjacent to an activating group) is 1. The second-order valence-electron chi connectivity index (χ2n) is 3.18. The summed E-state index contributed by atoms with van der Waals surface area (Å²) >= 11 is 0. The lowest BCUT2D eigenvalue weighted by atomic mass is 10.3. The summed E-state index contributed by atoms with van der Waals surface area (Å²) in [6, 6.07) is 0.458. The molecular weight excluding hydrogens is 168 g/mol. The fourth-order valence-corrected chi connectivity index (χ4v) is 1.11. The molecule has 0 radical (unpaired) electrons. The minimum atomic E-state index is 0.143. The lowest BCUT2D eigenvalue weighted by molar-refractivity contribution is 0.0277. The molecule has 0 rings (SSSR count). The molecule has 2 N–H and O–H groups in total. The average molecular weight is 190 g/mol. The molecule has 4 nitrogen and oxygen atoms in total. The van der Waals surface area contributed by atoms with Gasteiger partial charge in [0.25, 0.3) is 0 Å². The van der Waals surface area contributed by atoms with Crippen molar-refractivity contribution in [1.29, 1.82) is 0 Å². The van der Waals surface area contributed by atoms with E-state index < -0.39 is 0 Å². The van der Waals surface area contributed by atoms with Crippen molar-refractivity contribution in [1.82, 2.24) is 10.6 Å². The van der Waals surface area contributed by atoms with Crippen molar-refractivity contribution in [3.8, 4) is 0 Å². The highest BCUT2D eigenvalue weighted by Crippen LogP contribution is 1.89. The third-order valence-corrected chi connectivity index (χ3v) is 1.89. The summed E-state index contributed by atoms with van der Waals surface area (Å²) in [5, 5.41) is 6.46. The van der Waals surface area contributed by atoms with Crippen LogP contribution in [0.15, 0.2) is 0 Å². The van der Waals surface area contributed by atoms with Crippen molar-refractivity contribution < 1.29 is 9.47 Å². The predicted octanol–water partition coefficient (Wildman–Crippen LogP) is -0.155. The maximum atomic E-state index is 5.21. The van der Waals surface area contributed by atoms with Crippen LogP contribution in [0, 0.1) is 0 Å². The standard InChI is InChI=1S/C9H22N2O2/c1-8(5-10-2)11-6-9(13-4)7-12-3/h8-11H,5-7H2,1-4H3. The first-order valence-corrected chi connectivity index (χ1v) is 4.64. The van der Waals surface area contributed by atoms with Crippen molar-refractivity contribution in [2.45, 2.75) is 19.1 Å². The van der Waals surface area contributed by atoms with Gasteiger partial charge in [-0.1, -0.05) is 0 Å². The van der Waals surface area contributed by atoms with E-state index in [1.54, 1.807) is 14.2 Å². The van der Waals surface area contributed by atoms with Crippen molar-refractivity contribution >= 4 is 0 Å².